The molecule has 0 bridgehead atoms. The van der Waals surface area contributed by atoms with Gasteiger partial charge in [-0.1, -0.05) is 34.6 Å². The maximum absolute atomic E-state index is 13.5. The van der Waals surface area contributed by atoms with E-state index < -0.39 is 137 Å². The zero-order valence-electron chi connectivity index (χ0n) is 31.2. The highest BCUT2D eigenvalue weighted by Gasteiger charge is 2.57. The lowest BCUT2D eigenvalue weighted by atomic mass is 9.97. The van der Waals surface area contributed by atoms with E-state index in [-0.39, 0.29) is 19.4 Å². The fraction of sp³-hybridized carbons (Fsp3) is 0.719. The van der Waals surface area contributed by atoms with E-state index in [1.165, 1.54) is 5.06 Å². The van der Waals surface area contributed by atoms with Gasteiger partial charge in [0.05, 0.1) is 30.7 Å². The summed E-state index contributed by atoms with van der Waals surface area (Å²) >= 11 is 0. The molecule has 1 unspecified atom stereocenters. The number of rotatable bonds is 20. The van der Waals surface area contributed by atoms with Crippen molar-refractivity contribution in [2.45, 2.75) is 110 Å². The first kappa shape index (κ1) is 45.3. The predicted octanol–water partition coefficient (Wildman–Crippen LogP) is -2.56. The van der Waals surface area contributed by atoms with Crippen LogP contribution in [0, 0.1) is 17.8 Å². The highest BCUT2D eigenvalue weighted by Crippen LogP contribution is 2.39. The highest BCUT2D eigenvalue weighted by molar-refractivity contribution is 7.88. The van der Waals surface area contributed by atoms with Crippen LogP contribution in [0.15, 0.2) is 0 Å². The Bertz CT molecular complexity index is 1590. The number of hydrogen-bond donors (Lipinski definition) is 7. The highest BCUT2D eigenvalue weighted by atomic mass is 32.2. The first-order chi connectivity index (χ1) is 25.0. The van der Waals surface area contributed by atoms with Gasteiger partial charge in [0.2, 0.25) is 45.5 Å². The first-order valence-electron chi connectivity index (χ1n) is 17.4. The molecule has 2 fully saturated rings. The number of fused-ring (bicyclic) bond motifs is 1. The van der Waals surface area contributed by atoms with Crippen LogP contribution in [0.3, 0.4) is 0 Å². The number of hydroxylamine groups is 2. The molecule has 0 aromatic heterocycles. The second kappa shape index (κ2) is 19.5. The molecule has 7 atom stereocenters. The minimum atomic E-state index is -3.86. The molecule has 0 spiro atoms. The largest absolute Gasteiger partial charge is 0.481 e. The zero-order chi connectivity index (χ0) is 41.2. The minimum Gasteiger partial charge on any atom is -0.481 e. The quantitative estimate of drug-likeness (QED) is 0.0668. The maximum Gasteiger partial charge on any atom is 0.344 e. The van der Waals surface area contributed by atoms with Crippen molar-refractivity contribution in [3.63, 3.8) is 0 Å². The molecule has 2 rings (SSSR count). The van der Waals surface area contributed by atoms with Crippen LogP contribution in [-0.4, -0.2) is 137 Å². The topological polar surface area (TPSA) is 304 Å². The van der Waals surface area contributed by atoms with Crippen LogP contribution in [0.4, 0.5) is 0 Å². The van der Waals surface area contributed by atoms with Crippen LogP contribution < -0.4 is 26.6 Å². The van der Waals surface area contributed by atoms with Gasteiger partial charge in [-0.15, -0.1) is 5.06 Å². The maximum atomic E-state index is 13.5. The van der Waals surface area contributed by atoms with Crippen LogP contribution in [0.5, 0.6) is 0 Å². The van der Waals surface area contributed by atoms with E-state index in [4.69, 9.17) is 9.94 Å². The molecule has 304 valence electrons. The first-order valence-corrected chi connectivity index (χ1v) is 19.2. The third-order valence-electron chi connectivity index (χ3n) is 8.89. The molecule has 22 heteroatoms. The van der Waals surface area contributed by atoms with Crippen molar-refractivity contribution in [3.05, 3.63) is 0 Å². The summed E-state index contributed by atoms with van der Waals surface area (Å²) in [5, 5.41) is 31.4. The number of hydrogen-bond acceptors (Lipinski definition) is 13. The van der Waals surface area contributed by atoms with Gasteiger partial charge >= 0.3 is 17.9 Å². The van der Waals surface area contributed by atoms with E-state index in [1.54, 1.807) is 34.6 Å². The number of carbonyl (C=O) groups is 9. The van der Waals surface area contributed by atoms with Crippen molar-refractivity contribution < 1.29 is 66.6 Å². The smallest absolute Gasteiger partial charge is 0.344 e. The summed E-state index contributed by atoms with van der Waals surface area (Å²) in [6.45, 7) is 8.58. The number of amides is 6. The molecular formula is C32H51N7O14S. The summed E-state index contributed by atoms with van der Waals surface area (Å²) in [5.74, 6) is -10.7. The summed E-state index contributed by atoms with van der Waals surface area (Å²) in [4.78, 5) is 118. The summed E-state index contributed by atoms with van der Waals surface area (Å²) < 4.78 is 25.4. The predicted molar refractivity (Wildman–Crippen MR) is 186 cm³/mol. The fourth-order valence-corrected chi connectivity index (χ4v) is 7.52. The van der Waals surface area contributed by atoms with Crippen LogP contribution in [0.25, 0.3) is 0 Å². The second-order valence-electron chi connectivity index (χ2n) is 13.9. The molecule has 0 radical (unpaired) electrons. The molecule has 0 aromatic carbocycles. The zero-order valence-corrected chi connectivity index (χ0v) is 32.1. The molecule has 0 aliphatic carbocycles. The molecule has 0 saturated carbocycles. The van der Waals surface area contributed by atoms with E-state index in [9.17, 15) is 56.7 Å². The van der Waals surface area contributed by atoms with Crippen molar-refractivity contribution in [1.29, 1.82) is 0 Å². The molecular weight excluding hydrogens is 738 g/mol. The Kier molecular flexibility index (Phi) is 16.3. The molecule has 2 saturated heterocycles. The summed E-state index contributed by atoms with van der Waals surface area (Å²) in [6, 6.07) is -7.19. The summed E-state index contributed by atoms with van der Waals surface area (Å²) in [6.07, 6.45) is -0.355. The molecule has 7 N–H and O–H groups in total. The van der Waals surface area contributed by atoms with Crippen LogP contribution in [0.2, 0.25) is 0 Å². The van der Waals surface area contributed by atoms with Gasteiger partial charge in [0.1, 0.15) is 30.7 Å². The summed E-state index contributed by atoms with van der Waals surface area (Å²) in [5.41, 5.74) is 0. The second-order valence-corrected chi connectivity index (χ2v) is 15.7. The summed E-state index contributed by atoms with van der Waals surface area (Å²) in [7, 11) is -3.86. The third kappa shape index (κ3) is 12.4. The van der Waals surface area contributed by atoms with E-state index in [2.05, 4.69) is 26.6 Å². The minimum absolute atomic E-state index is 0.148. The van der Waals surface area contributed by atoms with E-state index in [0.717, 1.165) is 17.5 Å². The number of sulfonamides is 1. The average molecular weight is 790 g/mol. The third-order valence-corrected chi connectivity index (χ3v) is 10.1. The number of carboxylic acids is 2. The van der Waals surface area contributed by atoms with Gasteiger partial charge < -0.3 is 41.6 Å². The number of aliphatic carboxylic acids is 2. The number of carbonyl (C=O) groups excluding carboxylic acids is 7. The Balaban J connectivity index is 2.10. The van der Waals surface area contributed by atoms with E-state index in [0.29, 0.717) is 6.42 Å². The number of carboxylic acid groups (broad SMARTS) is 2. The van der Waals surface area contributed by atoms with E-state index in [1.807, 2.05) is 0 Å². The average Bonchev–Trinajstić information content (AvgIpc) is 3.57. The molecule has 2 aliphatic rings. The molecule has 2 heterocycles. The SMILES string of the molecule is CCC1C(=O)N(S(C)(=O)=O)[C@H]2CCN(OC(=O)CNC(=O)[C@H](NC(=O)[C@@H](NC(=O)[C@H](CC(=O)O)NC(=O)[C@H](CCC(=O)O)NC(C)=O)C(C)C)C(C)C)[C@H]12. The Morgan fingerprint density at radius 3 is 1.89 bits per heavy atom. The van der Waals surface area contributed by atoms with Gasteiger partial charge in [0, 0.05) is 19.9 Å². The van der Waals surface area contributed by atoms with Gasteiger partial charge in [-0.2, -0.15) is 0 Å². The van der Waals surface area contributed by atoms with Crippen molar-refractivity contribution in [3.8, 4) is 0 Å². The molecule has 0 aromatic rings. The normalized spacial score (nSPS) is 20.6. The Hall–Kier alpha value is -4.86. The molecule has 21 nitrogen and oxygen atoms in total. The Morgan fingerprint density at radius 2 is 1.39 bits per heavy atom. The monoisotopic (exact) mass is 789 g/mol. The van der Waals surface area contributed by atoms with Crippen molar-refractivity contribution in [2.24, 2.45) is 17.8 Å². The molecule has 54 heavy (non-hydrogen) atoms. The molecule has 2 aliphatic heterocycles. The lowest BCUT2D eigenvalue weighted by Crippen LogP contribution is -2.60. The van der Waals surface area contributed by atoms with Crippen molar-refractivity contribution in [1.82, 2.24) is 36.0 Å². The molecule has 6 amide bonds. The van der Waals surface area contributed by atoms with Gasteiger partial charge in [-0.3, -0.25) is 38.4 Å². The van der Waals surface area contributed by atoms with Crippen molar-refractivity contribution >= 4 is 63.4 Å². The van der Waals surface area contributed by atoms with Crippen LogP contribution in [0.1, 0.15) is 73.6 Å². The van der Waals surface area contributed by atoms with E-state index >= 15 is 0 Å². The lowest BCUT2D eigenvalue weighted by molar-refractivity contribution is -0.197. The van der Waals surface area contributed by atoms with Crippen molar-refractivity contribution in [2.75, 3.05) is 19.3 Å². The lowest BCUT2D eigenvalue weighted by Gasteiger charge is -2.29. The Morgan fingerprint density at radius 1 is 0.833 bits per heavy atom. The van der Waals surface area contributed by atoms with Gasteiger partial charge in [0.25, 0.3) is 0 Å². The van der Waals surface area contributed by atoms with Crippen LogP contribution in [-0.2, 0) is 58.0 Å². The van der Waals surface area contributed by atoms with Gasteiger partial charge in [-0.05, 0) is 31.1 Å². The van der Waals surface area contributed by atoms with Gasteiger partial charge in [-0.25, -0.2) is 17.5 Å². The number of nitrogens with zero attached hydrogens (tertiary/aromatic N) is 2. The standard InChI is InChI=1S/C32H51N7O14S/c1-8-18-27-21(39(32(18)50)54(7,51)52)11-12-38(27)53-24(45)14-33-30(48)25(15(2)3)37-31(49)26(16(4)5)36-29(47)20(13-23(43)44)35-28(46)19(34-17(6)40)9-10-22(41)42/h15-16,18-21,25-27H,8-14H2,1-7H3,(H,33,48)(H,34,40)(H,35,46)(H,36,47)(H,37,49)(H,41,42)(H,43,44)/t18?,19-,20-,21-,25+,26-,27+/m0/s1. The van der Waals surface area contributed by atoms with Crippen LogP contribution >= 0.6 is 0 Å². The Labute approximate surface area is 312 Å². The van der Waals surface area contributed by atoms with Gasteiger partial charge in [0.15, 0.2) is 0 Å². The number of nitrogens with one attached hydrogen (secondary N) is 5. The fourth-order valence-electron chi connectivity index (χ4n) is 6.34.